The average molecular weight is 314 g/mol. The molecule has 0 aromatic heterocycles. The number of carbonyl (C=O) groups excluding carboxylic acids is 2. The van der Waals surface area contributed by atoms with E-state index >= 15 is 0 Å². The number of amides is 3. The minimum atomic E-state index is -4.54. The lowest BCUT2D eigenvalue weighted by atomic mass is 9.90. The third-order valence-electron chi connectivity index (χ3n) is 3.94. The van der Waals surface area contributed by atoms with E-state index < -0.39 is 29.2 Å². The van der Waals surface area contributed by atoms with E-state index in [0.29, 0.717) is 26.1 Å². The summed E-state index contributed by atoms with van der Waals surface area (Å²) < 4.78 is 43.5. The summed E-state index contributed by atoms with van der Waals surface area (Å²) in [5, 5.41) is 2.60. The molecule has 0 saturated carbocycles. The highest BCUT2D eigenvalue weighted by Gasteiger charge is 2.52. The predicted octanol–water partition coefficient (Wildman–Crippen LogP) is 2.31. The fraction of sp³-hybridized carbons (Fsp3) is 0.429. The second-order valence-electron chi connectivity index (χ2n) is 5.31. The Bertz CT molecular complexity index is 624. The quantitative estimate of drug-likeness (QED) is 0.809. The number of rotatable bonds is 1. The standard InChI is InChI=1S/C14H13F3N2O3/c15-14(16,17)9-2-1-3-10(8-9)19-11(20)13(18-12(19)21)4-6-22-7-5-13/h1-3,8H,4-7H2,(H,18,21). The van der Waals surface area contributed by atoms with Crippen molar-refractivity contribution in [3.63, 3.8) is 0 Å². The van der Waals surface area contributed by atoms with Crippen molar-refractivity contribution in [3.8, 4) is 0 Å². The van der Waals surface area contributed by atoms with E-state index in [1.807, 2.05) is 0 Å². The fourth-order valence-corrected chi connectivity index (χ4v) is 2.73. The average Bonchev–Trinajstić information content (AvgIpc) is 2.70. The number of urea groups is 1. The van der Waals surface area contributed by atoms with E-state index in [4.69, 9.17) is 4.74 Å². The Hall–Kier alpha value is -2.09. The second-order valence-corrected chi connectivity index (χ2v) is 5.31. The van der Waals surface area contributed by atoms with Crippen molar-refractivity contribution >= 4 is 17.6 Å². The van der Waals surface area contributed by atoms with Crippen molar-refractivity contribution in [3.05, 3.63) is 29.8 Å². The Kier molecular flexibility index (Phi) is 3.36. The highest BCUT2D eigenvalue weighted by Crippen LogP contribution is 2.35. The van der Waals surface area contributed by atoms with Crippen LogP contribution in [-0.4, -0.2) is 30.7 Å². The molecular weight excluding hydrogens is 301 g/mol. The number of hydrogen-bond donors (Lipinski definition) is 1. The summed E-state index contributed by atoms with van der Waals surface area (Å²) in [6, 6.07) is 3.48. The number of halogens is 3. The highest BCUT2D eigenvalue weighted by atomic mass is 19.4. The van der Waals surface area contributed by atoms with Crippen molar-refractivity contribution < 1.29 is 27.5 Å². The molecule has 118 valence electrons. The topological polar surface area (TPSA) is 58.6 Å². The maximum absolute atomic E-state index is 12.8. The number of carbonyl (C=O) groups is 2. The first-order valence-corrected chi connectivity index (χ1v) is 6.75. The van der Waals surface area contributed by atoms with Crippen LogP contribution in [-0.2, 0) is 15.7 Å². The van der Waals surface area contributed by atoms with Gasteiger partial charge in [0.1, 0.15) is 5.54 Å². The van der Waals surface area contributed by atoms with Gasteiger partial charge < -0.3 is 10.1 Å². The Labute approximate surface area is 124 Å². The molecule has 2 saturated heterocycles. The van der Waals surface area contributed by atoms with E-state index in [-0.39, 0.29) is 5.69 Å². The third kappa shape index (κ3) is 2.33. The Morgan fingerprint density at radius 1 is 1.18 bits per heavy atom. The van der Waals surface area contributed by atoms with Crippen LogP contribution in [0.2, 0.25) is 0 Å². The minimum absolute atomic E-state index is 0.0827. The summed E-state index contributed by atoms with van der Waals surface area (Å²) in [5.41, 5.74) is -2.05. The van der Waals surface area contributed by atoms with Gasteiger partial charge >= 0.3 is 12.2 Å². The van der Waals surface area contributed by atoms with E-state index in [9.17, 15) is 22.8 Å². The Morgan fingerprint density at radius 3 is 2.50 bits per heavy atom. The van der Waals surface area contributed by atoms with E-state index in [0.717, 1.165) is 17.0 Å². The van der Waals surface area contributed by atoms with Gasteiger partial charge in [-0.25, -0.2) is 9.69 Å². The maximum Gasteiger partial charge on any atom is 0.416 e. The molecule has 0 bridgehead atoms. The van der Waals surface area contributed by atoms with Crippen LogP contribution in [0.5, 0.6) is 0 Å². The molecule has 3 rings (SSSR count). The minimum Gasteiger partial charge on any atom is -0.381 e. The summed E-state index contributed by atoms with van der Waals surface area (Å²) in [5.74, 6) is -0.528. The number of nitrogens with zero attached hydrogens (tertiary/aromatic N) is 1. The van der Waals surface area contributed by atoms with Crippen LogP contribution in [0, 0.1) is 0 Å². The third-order valence-corrected chi connectivity index (χ3v) is 3.94. The molecular formula is C14H13F3N2O3. The molecule has 3 amide bonds. The zero-order valence-corrected chi connectivity index (χ0v) is 11.4. The zero-order valence-electron chi connectivity index (χ0n) is 11.4. The van der Waals surface area contributed by atoms with Gasteiger partial charge in [-0.15, -0.1) is 0 Å². The molecule has 0 unspecified atom stereocenters. The van der Waals surface area contributed by atoms with Gasteiger partial charge in [0.2, 0.25) is 0 Å². The molecule has 2 heterocycles. The van der Waals surface area contributed by atoms with Crippen LogP contribution in [0.4, 0.5) is 23.7 Å². The molecule has 5 nitrogen and oxygen atoms in total. The van der Waals surface area contributed by atoms with Gasteiger partial charge in [-0.2, -0.15) is 13.2 Å². The number of ether oxygens (including phenoxy) is 1. The largest absolute Gasteiger partial charge is 0.416 e. The van der Waals surface area contributed by atoms with Gasteiger partial charge in [0.05, 0.1) is 11.3 Å². The number of anilines is 1. The summed E-state index contributed by atoms with van der Waals surface area (Å²) in [7, 11) is 0. The predicted molar refractivity (Wildman–Crippen MR) is 70.2 cm³/mol. The van der Waals surface area contributed by atoms with Crippen molar-refractivity contribution in [2.45, 2.75) is 24.6 Å². The second kappa shape index (κ2) is 4.98. The summed E-state index contributed by atoms with van der Waals surface area (Å²) in [6.07, 6.45) is -3.91. The van der Waals surface area contributed by atoms with Gasteiger partial charge in [0.15, 0.2) is 0 Å². The summed E-state index contributed by atoms with van der Waals surface area (Å²) >= 11 is 0. The smallest absolute Gasteiger partial charge is 0.381 e. The Morgan fingerprint density at radius 2 is 1.86 bits per heavy atom. The van der Waals surface area contributed by atoms with Crippen molar-refractivity contribution in [1.29, 1.82) is 0 Å². The van der Waals surface area contributed by atoms with E-state index in [1.165, 1.54) is 12.1 Å². The number of imide groups is 1. The van der Waals surface area contributed by atoms with Crippen LogP contribution >= 0.6 is 0 Å². The fourth-order valence-electron chi connectivity index (χ4n) is 2.73. The first-order valence-electron chi connectivity index (χ1n) is 6.75. The first kappa shape index (κ1) is 14.8. The van der Waals surface area contributed by atoms with Crippen molar-refractivity contribution in [1.82, 2.24) is 5.32 Å². The van der Waals surface area contributed by atoms with E-state index in [2.05, 4.69) is 5.32 Å². The lowest BCUT2D eigenvalue weighted by Gasteiger charge is -2.30. The SMILES string of the molecule is O=C1NC2(CCOCC2)C(=O)N1c1cccc(C(F)(F)F)c1. The lowest BCUT2D eigenvalue weighted by molar-refractivity contribution is -0.137. The van der Waals surface area contributed by atoms with Crippen molar-refractivity contribution in [2.24, 2.45) is 0 Å². The van der Waals surface area contributed by atoms with Gasteiger partial charge in [-0.3, -0.25) is 4.79 Å². The molecule has 22 heavy (non-hydrogen) atoms. The highest BCUT2D eigenvalue weighted by molar-refractivity contribution is 6.23. The normalized spacial score (nSPS) is 21.3. The van der Waals surface area contributed by atoms with Gasteiger partial charge in [-0.05, 0) is 18.2 Å². The van der Waals surface area contributed by atoms with Crippen molar-refractivity contribution in [2.75, 3.05) is 18.1 Å². The molecule has 1 aromatic carbocycles. The lowest BCUT2D eigenvalue weighted by Crippen LogP contribution is -2.51. The number of hydrogen-bond acceptors (Lipinski definition) is 3. The Balaban J connectivity index is 1.95. The molecule has 0 radical (unpaired) electrons. The molecule has 1 spiro atoms. The number of benzene rings is 1. The maximum atomic E-state index is 12.8. The number of nitrogens with one attached hydrogen (secondary N) is 1. The molecule has 8 heteroatoms. The molecule has 1 N–H and O–H groups in total. The van der Waals surface area contributed by atoms with Gasteiger partial charge in [0.25, 0.3) is 5.91 Å². The first-order chi connectivity index (χ1) is 10.3. The molecule has 2 aliphatic rings. The molecule has 0 aliphatic carbocycles. The summed E-state index contributed by atoms with van der Waals surface area (Å²) in [4.78, 5) is 25.4. The number of alkyl halides is 3. The molecule has 0 atom stereocenters. The summed E-state index contributed by atoms with van der Waals surface area (Å²) in [6.45, 7) is 0.644. The van der Waals surface area contributed by atoms with Crippen LogP contribution in [0.1, 0.15) is 18.4 Å². The van der Waals surface area contributed by atoms with Crippen LogP contribution in [0.15, 0.2) is 24.3 Å². The molecule has 1 aromatic rings. The molecule has 2 aliphatic heterocycles. The van der Waals surface area contributed by atoms with Crippen LogP contribution in [0.3, 0.4) is 0 Å². The van der Waals surface area contributed by atoms with Crippen LogP contribution in [0.25, 0.3) is 0 Å². The van der Waals surface area contributed by atoms with Gasteiger partial charge in [0, 0.05) is 26.1 Å². The zero-order chi connectivity index (χ0) is 16.0. The van der Waals surface area contributed by atoms with E-state index in [1.54, 1.807) is 0 Å². The molecule has 2 fully saturated rings. The monoisotopic (exact) mass is 314 g/mol. The van der Waals surface area contributed by atoms with Crippen LogP contribution < -0.4 is 10.2 Å². The van der Waals surface area contributed by atoms with Gasteiger partial charge in [-0.1, -0.05) is 6.07 Å².